The van der Waals surface area contributed by atoms with Crippen molar-refractivity contribution in [2.45, 2.75) is 13.3 Å². The monoisotopic (exact) mass is 256 g/mol. The summed E-state index contributed by atoms with van der Waals surface area (Å²) < 4.78 is 10.8. The van der Waals surface area contributed by atoms with Gasteiger partial charge in [-0.1, -0.05) is 36.4 Å². The van der Waals surface area contributed by atoms with Crippen LogP contribution in [0.4, 0.5) is 0 Å². The molecule has 0 saturated heterocycles. The Morgan fingerprint density at radius 1 is 0.895 bits per heavy atom. The van der Waals surface area contributed by atoms with Crippen LogP contribution in [-0.2, 0) is 4.74 Å². The second-order valence-corrected chi connectivity index (χ2v) is 4.60. The van der Waals surface area contributed by atoms with Crippen LogP contribution in [0.2, 0.25) is 0 Å². The van der Waals surface area contributed by atoms with Crippen LogP contribution >= 0.6 is 0 Å². The van der Waals surface area contributed by atoms with E-state index in [-0.39, 0.29) is 0 Å². The molecule has 0 aromatic heterocycles. The zero-order valence-electron chi connectivity index (χ0n) is 11.6. The van der Waals surface area contributed by atoms with Gasteiger partial charge in [0.15, 0.2) is 0 Å². The van der Waals surface area contributed by atoms with E-state index in [0.29, 0.717) is 6.61 Å². The van der Waals surface area contributed by atoms with E-state index >= 15 is 0 Å². The van der Waals surface area contributed by atoms with Crippen molar-refractivity contribution in [1.82, 2.24) is 0 Å². The number of aryl methyl sites for hydroxylation is 1. The Balaban J connectivity index is 2.11. The highest BCUT2D eigenvalue weighted by atomic mass is 16.5. The molecule has 2 heteroatoms. The third-order valence-electron chi connectivity index (χ3n) is 2.92. The van der Waals surface area contributed by atoms with Crippen molar-refractivity contribution >= 4 is 0 Å². The van der Waals surface area contributed by atoms with Crippen LogP contribution in [0, 0.1) is 6.92 Å². The summed E-state index contributed by atoms with van der Waals surface area (Å²) in [6, 6.07) is 16.7. The van der Waals surface area contributed by atoms with Crippen molar-refractivity contribution in [3.63, 3.8) is 0 Å². The molecule has 0 fully saturated rings. The average Bonchev–Trinajstić information content (AvgIpc) is 2.44. The largest absolute Gasteiger partial charge is 0.493 e. The molecule has 0 aliphatic rings. The molecule has 19 heavy (non-hydrogen) atoms. The predicted octanol–water partition coefficient (Wildman–Crippen LogP) is 4.08. The molecule has 2 aromatic carbocycles. The summed E-state index contributed by atoms with van der Waals surface area (Å²) in [5, 5.41) is 0. The van der Waals surface area contributed by atoms with Crippen LogP contribution in [0.15, 0.2) is 48.5 Å². The summed E-state index contributed by atoms with van der Waals surface area (Å²) >= 11 is 0. The fourth-order valence-corrected chi connectivity index (χ4v) is 2.02. The number of hydrogen-bond acceptors (Lipinski definition) is 2. The maximum Gasteiger partial charge on any atom is 0.120 e. The summed E-state index contributed by atoms with van der Waals surface area (Å²) in [5.41, 5.74) is 3.62. The molecule has 0 unspecified atom stereocenters. The SMILES string of the molecule is COCCCOc1cc(C)cc(-c2ccccc2)c1. The number of hydrogen-bond donors (Lipinski definition) is 0. The zero-order chi connectivity index (χ0) is 13.5. The van der Waals surface area contributed by atoms with Gasteiger partial charge in [-0.3, -0.25) is 0 Å². The van der Waals surface area contributed by atoms with E-state index in [4.69, 9.17) is 9.47 Å². The zero-order valence-corrected chi connectivity index (χ0v) is 11.6. The van der Waals surface area contributed by atoms with Crippen LogP contribution in [0.1, 0.15) is 12.0 Å². The third-order valence-corrected chi connectivity index (χ3v) is 2.92. The average molecular weight is 256 g/mol. The molecule has 0 saturated carbocycles. The Kier molecular flexibility index (Phi) is 4.99. The van der Waals surface area contributed by atoms with Gasteiger partial charge in [0, 0.05) is 20.1 Å². The Morgan fingerprint density at radius 3 is 2.42 bits per heavy atom. The van der Waals surface area contributed by atoms with E-state index in [1.807, 2.05) is 6.07 Å². The minimum Gasteiger partial charge on any atom is -0.493 e. The molecule has 100 valence electrons. The minimum atomic E-state index is 0.686. The van der Waals surface area contributed by atoms with E-state index in [1.54, 1.807) is 7.11 Å². The number of methoxy groups -OCH3 is 1. The molecule has 0 heterocycles. The molecular weight excluding hydrogens is 236 g/mol. The lowest BCUT2D eigenvalue weighted by molar-refractivity contribution is 0.172. The highest BCUT2D eigenvalue weighted by Gasteiger charge is 2.02. The van der Waals surface area contributed by atoms with Crippen LogP contribution in [-0.4, -0.2) is 20.3 Å². The first-order valence-electron chi connectivity index (χ1n) is 6.58. The van der Waals surface area contributed by atoms with E-state index in [2.05, 4.69) is 49.4 Å². The van der Waals surface area contributed by atoms with E-state index < -0.39 is 0 Å². The van der Waals surface area contributed by atoms with Gasteiger partial charge < -0.3 is 9.47 Å². The normalized spacial score (nSPS) is 10.4. The van der Waals surface area contributed by atoms with Crippen LogP contribution in [0.5, 0.6) is 5.75 Å². The Hall–Kier alpha value is -1.80. The van der Waals surface area contributed by atoms with Crippen LogP contribution in [0.3, 0.4) is 0 Å². The van der Waals surface area contributed by atoms with Gasteiger partial charge in [-0.2, -0.15) is 0 Å². The second kappa shape index (κ2) is 6.95. The van der Waals surface area contributed by atoms with Gasteiger partial charge >= 0.3 is 0 Å². The predicted molar refractivity (Wildman–Crippen MR) is 78.6 cm³/mol. The molecule has 0 bridgehead atoms. The lowest BCUT2D eigenvalue weighted by atomic mass is 10.0. The van der Waals surface area contributed by atoms with Crippen molar-refractivity contribution in [2.24, 2.45) is 0 Å². The van der Waals surface area contributed by atoms with Crippen LogP contribution < -0.4 is 4.74 Å². The lowest BCUT2D eigenvalue weighted by Crippen LogP contribution is -2.01. The second-order valence-electron chi connectivity index (χ2n) is 4.60. The molecule has 0 N–H and O–H groups in total. The van der Waals surface area contributed by atoms with Gasteiger partial charge in [-0.25, -0.2) is 0 Å². The first-order chi connectivity index (χ1) is 9.29. The molecule has 0 radical (unpaired) electrons. The van der Waals surface area contributed by atoms with E-state index in [0.717, 1.165) is 18.8 Å². The summed E-state index contributed by atoms with van der Waals surface area (Å²) in [5.74, 6) is 0.926. The summed E-state index contributed by atoms with van der Waals surface area (Å²) in [4.78, 5) is 0. The van der Waals surface area contributed by atoms with Crippen molar-refractivity contribution in [2.75, 3.05) is 20.3 Å². The topological polar surface area (TPSA) is 18.5 Å². The fourth-order valence-electron chi connectivity index (χ4n) is 2.02. The molecule has 0 atom stereocenters. The molecule has 0 aliphatic heterocycles. The summed E-state index contributed by atoms with van der Waals surface area (Å²) in [6.07, 6.45) is 0.908. The maximum absolute atomic E-state index is 5.77. The fraction of sp³-hybridized carbons (Fsp3) is 0.294. The Bertz CT molecular complexity index is 506. The summed E-state index contributed by atoms with van der Waals surface area (Å²) in [6.45, 7) is 3.51. The third kappa shape index (κ3) is 4.11. The van der Waals surface area contributed by atoms with Gasteiger partial charge in [0.1, 0.15) is 5.75 Å². The van der Waals surface area contributed by atoms with Gasteiger partial charge in [-0.05, 0) is 35.7 Å². The van der Waals surface area contributed by atoms with Crippen molar-refractivity contribution in [3.8, 4) is 16.9 Å². The molecular formula is C17H20O2. The highest BCUT2D eigenvalue weighted by Crippen LogP contribution is 2.25. The van der Waals surface area contributed by atoms with Crippen molar-refractivity contribution < 1.29 is 9.47 Å². The lowest BCUT2D eigenvalue weighted by Gasteiger charge is -2.10. The molecule has 0 amide bonds. The van der Waals surface area contributed by atoms with Gasteiger partial charge in [0.2, 0.25) is 0 Å². The van der Waals surface area contributed by atoms with Gasteiger partial charge in [0.25, 0.3) is 0 Å². The molecule has 2 nitrogen and oxygen atoms in total. The first kappa shape index (κ1) is 13.6. The first-order valence-corrected chi connectivity index (χ1v) is 6.58. The van der Waals surface area contributed by atoms with Gasteiger partial charge in [0.05, 0.1) is 6.61 Å². The van der Waals surface area contributed by atoms with Gasteiger partial charge in [-0.15, -0.1) is 0 Å². The number of rotatable bonds is 6. The molecule has 0 aliphatic carbocycles. The minimum absolute atomic E-state index is 0.686. The maximum atomic E-state index is 5.77. The molecule has 2 rings (SSSR count). The number of benzene rings is 2. The molecule has 0 spiro atoms. The van der Waals surface area contributed by atoms with E-state index in [9.17, 15) is 0 Å². The van der Waals surface area contributed by atoms with Crippen molar-refractivity contribution in [1.29, 1.82) is 0 Å². The Labute approximate surface area is 115 Å². The Morgan fingerprint density at radius 2 is 1.68 bits per heavy atom. The molecule has 2 aromatic rings. The smallest absolute Gasteiger partial charge is 0.120 e. The van der Waals surface area contributed by atoms with Crippen molar-refractivity contribution in [3.05, 3.63) is 54.1 Å². The highest BCUT2D eigenvalue weighted by molar-refractivity contribution is 5.66. The number of ether oxygens (including phenoxy) is 2. The van der Waals surface area contributed by atoms with Crippen LogP contribution in [0.25, 0.3) is 11.1 Å². The van der Waals surface area contributed by atoms with E-state index in [1.165, 1.54) is 16.7 Å². The summed E-state index contributed by atoms with van der Waals surface area (Å²) in [7, 11) is 1.71. The standard InChI is InChI=1S/C17H20O2/c1-14-11-16(15-7-4-3-5-8-15)13-17(12-14)19-10-6-9-18-2/h3-5,7-8,11-13H,6,9-10H2,1-2H3. The quantitative estimate of drug-likeness (QED) is 0.725.